The van der Waals surface area contributed by atoms with E-state index in [1.54, 1.807) is 0 Å². The summed E-state index contributed by atoms with van der Waals surface area (Å²) < 4.78 is 2.51. The number of nitrogens with one attached hydrogen (secondary N) is 1. The van der Waals surface area contributed by atoms with Gasteiger partial charge in [0.05, 0.1) is 22.2 Å². The molecule has 3 nitrogen and oxygen atoms in total. The average molecular weight is 636 g/mol. The fraction of sp³-hybridized carbons (Fsp3) is 0. The largest absolute Gasteiger partial charge is 0.354 e. The quantitative estimate of drug-likeness (QED) is 0.206. The number of fused-ring (bicyclic) bond motifs is 13. The second-order valence-electron chi connectivity index (χ2n) is 13.2. The Labute approximate surface area is 287 Å². The van der Waals surface area contributed by atoms with Gasteiger partial charge in [0.1, 0.15) is 0 Å². The summed E-state index contributed by atoms with van der Waals surface area (Å²) in [7, 11) is 0. The van der Waals surface area contributed by atoms with Crippen molar-refractivity contribution < 1.29 is 0 Å². The van der Waals surface area contributed by atoms with E-state index in [1.807, 2.05) is 18.3 Å². The predicted molar refractivity (Wildman–Crippen MR) is 211 cm³/mol. The van der Waals surface area contributed by atoms with Crippen molar-refractivity contribution in [1.29, 1.82) is 0 Å². The molecular formula is C47H29N3. The summed E-state index contributed by atoms with van der Waals surface area (Å²) in [5.41, 5.74) is 10.5. The molecule has 50 heavy (non-hydrogen) atoms. The Bertz CT molecular complexity index is 3130. The number of H-pyrrole nitrogens is 1. The molecule has 0 fully saturated rings. The van der Waals surface area contributed by atoms with Crippen LogP contribution in [0.15, 0.2) is 170 Å². The first-order valence-electron chi connectivity index (χ1n) is 17.1. The van der Waals surface area contributed by atoms with E-state index in [0.717, 1.165) is 22.5 Å². The van der Waals surface area contributed by atoms with E-state index in [0.29, 0.717) is 0 Å². The SMILES string of the molecule is c1ccc(-n2c3c4ccccc4ccc3c3c4c5ccccc5[nH]c4c4cc(-c5cccc6cc(-c7ccccn7)ccc56)ccc4c32)cc1. The Hall–Kier alpha value is -6.71. The molecule has 0 radical (unpaired) electrons. The maximum Gasteiger partial charge on any atom is 0.0702 e. The third-order valence-electron chi connectivity index (χ3n) is 10.5. The number of rotatable bonds is 3. The van der Waals surface area contributed by atoms with Crippen molar-refractivity contribution >= 4 is 75.9 Å². The molecule has 11 aromatic rings. The first-order chi connectivity index (χ1) is 24.8. The lowest BCUT2D eigenvalue weighted by Crippen LogP contribution is -1.95. The van der Waals surface area contributed by atoms with Crippen LogP contribution in [0, 0.1) is 0 Å². The fourth-order valence-electron chi connectivity index (χ4n) is 8.35. The lowest BCUT2D eigenvalue weighted by molar-refractivity contribution is 1.19. The minimum Gasteiger partial charge on any atom is -0.354 e. The molecule has 3 aromatic heterocycles. The van der Waals surface area contributed by atoms with E-state index in [1.165, 1.54) is 81.5 Å². The molecule has 0 aliphatic rings. The summed E-state index contributed by atoms with van der Waals surface area (Å²) in [6, 6.07) is 59.4. The summed E-state index contributed by atoms with van der Waals surface area (Å²) in [6.07, 6.45) is 1.85. The maximum absolute atomic E-state index is 4.60. The molecule has 0 amide bonds. The van der Waals surface area contributed by atoms with Gasteiger partial charge in [-0.15, -0.1) is 0 Å². The third kappa shape index (κ3) is 3.83. The van der Waals surface area contributed by atoms with Crippen molar-refractivity contribution in [2.75, 3.05) is 0 Å². The van der Waals surface area contributed by atoms with Crippen LogP contribution in [-0.2, 0) is 0 Å². The van der Waals surface area contributed by atoms with E-state index >= 15 is 0 Å². The minimum atomic E-state index is 0.984. The molecule has 1 N–H and O–H groups in total. The van der Waals surface area contributed by atoms with Crippen molar-refractivity contribution in [2.45, 2.75) is 0 Å². The zero-order valence-electron chi connectivity index (χ0n) is 27.1. The monoisotopic (exact) mass is 635 g/mol. The van der Waals surface area contributed by atoms with E-state index in [2.05, 4.69) is 166 Å². The van der Waals surface area contributed by atoms with Gasteiger partial charge in [-0.25, -0.2) is 0 Å². The molecule has 0 aliphatic heterocycles. The van der Waals surface area contributed by atoms with Crippen molar-refractivity contribution in [3.8, 4) is 28.1 Å². The Morgan fingerprint density at radius 2 is 1.20 bits per heavy atom. The van der Waals surface area contributed by atoms with Crippen molar-refractivity contribution in [3.05, 3.63) is 170 Å². The number of pyridine rings is 1. The second-order valence-corrected chi connectivity index (χ2v) is 13.2. The molecule has 0 atom stereocenters. The van der Waals surface area contributed by atoms with Crippen molar-refractivity contribution in [3.63, 3.8) is 0 Å². The smallest absolute Gasteiger partial charge is 0.0702 e. The van der Waals surface area contributed by atoms with Gasteiger partial charge >= 0.3 is 0 Å². The summed E-state index contributed by atoms with van der Waals surface area (Å²) >= 11 is 0. The summed E-state index contributed by atoms with van der Waals surface area (Å²) in [4.78, 5) is 8.49. The van der Waals surface area contributed by atoms with Gasteiger partial charge < -0.3 is 9.55 Å². The fourth-order valence-corrected chi connectivity index (χ4v) is 8.35. The third-order valence-corrected chi connectivity index (χ3v) is 10.5. The molecule has 0 spiro atoms. The van der Waals surface area contributed by atoms with Crippen molar-refractivity contribution in [2.24, 2.45) is 0 Å². The van der Waals surface area contributed by atoms with Gasteiger partial charge in [0, 0.05) is 60.7 Å². The summed E-state index contributed by atoms with van der Waals surface area (Å²) in [5.74, 6) is 0. The van der Waals surface area contributed by atoms with Gasteiger partial charge in [-0.2, -0.15) is 0 Å². The maximum atomic E-state index is 4.60. The molecule has 8 aromatic carbocycles. The van der Waals surface area contributed by atoms with Crippen molar-refractivity contribution in [1.82, 2.24) is 14.5 Å². The first kappa shape index (κ1) is 27.3. The highest BCUT2D eigenvalue weighted by Gasteiger charge is 2.23. The second kappa shape index (κ2) is 10.4. The zero-order valence-corrected chi connectivity index (χ0v) is 27.1. The van der Waals surface area contributed by atoms with Gasteiger partial charge in [-0.1, -0.05) is 121 Å². The van der Waals surface area contributed by atoms with Gasteiger partial charge in [-0.3, -0.25) is 4.98 Å². The molecule has 0 bridgehead atoms. The molecule has 0 aliphatic carbocycles. The molecule has 0 saturated carbocycles. The molecule has 3 heterocycles. The highest BCUT2D eigenvalue weighted by atomic mass is 15.0. The average Bonchev–Trinajstić information content (AvgIpc) is 3.75. The molecule has 0 saturated heterocycles. The lowest BCUT2D eigenvalue weighted by Gasteiger charge is -2.14. The summed E-state index contributed by atoms with van der Waals surface area (Å²) in [5, 5.41) is 12.4. The van der Waals surface area contributed by atoms with Crippen LogP contribution < -0.4 is 0 Å². The number of benzene rings is 8. The number of hydrogen-bond acceptors (Lipinski definition) is 1. The van der Waals surface area contributed by atoms with Crippen LogP contribution in [0.1, 0.15) is 0 Å². The molecule has 0 unspecified atom stereocenters. The Morgan fingerprint density at radius 3 is 2.10 bits per heavy atom. The van der Waals surface area contributed by atoms with Crippen LogP contribution in [0.3, 0.4) is 0 Å². The van der Waals surface area contributed by atoms with E-state index in [4.69, 9.17) is 0 Å². The molecular weight excluding hydrogens is 607 g/mol. The van der Waals surface area contributed by atoms with Crippen LogP contribution in [0.5, 0.6) is 0 Å². The number of para-hydroxylation sites is 2. The molecule has 3 heteroatoms. The van der Waals surface area contributed by atoms with Crippen LogP contribution in [-0.4, -0.2) is 14.5 Å². The van der Waals surface area contributed by atoms with E-state index < -0.39 is 0 Å². The topological polar surface area (TPSA) is 33.6 Å². The standard InChI is InChI=1S/C47H29N3/c1-2-13-33(14-3-1)50-46-36-15-5-4-11-29(36)20-25-39(46)44-43-38-16-6-7-19-42(38)49-45(43)40-28-31(21-24-37(40)47(44)50)34-17-10-12-30-27-32(22-23-35(30)34)41-18-8-9-26-48-41/h1-28,49H. The predicted octanol–water partition coefficient (Wildman–Crippen LogP) is 12.6. The Kier molecular flexibility index (Phi) is 5.67. The molecule has 11 rings (SSSR count). The number of nitrogens with zero attached hydrogens (tertiary/aromatic N) is 2. The Balaban J connectivity index is 1.28. The lowest BCUT2D eigenvalue weighted by atomic mass is 9.93. The van der Waals surface area contributed by atoms with E-state index in [-0.39, 0.29) is 0 Å². The highest BCUT2D eigenvalue weighted by molar-refractivity contribution is 6.38. The number of hydrogen-bond donors (Lipinski definition) is 1. The zero-order chi connectivity index (χ0) is 32.8. The van der Waals surface area contributed by atoms with Gasteiger partial charge in [-0.05, 0) is 69.8 Å². The number of aromatic nitrogens is 3. The van der Waals surface area contributed by atoms with Crippen LogP contribution in [0.25, 0.3) is 104 Å². The normalized spacial score (nSPS) is 12.0. The van der Waals surface area contributed by atoms with Gasteiger partial charge in [0.25, 0.3) is 0 Å². The first-order valence-corrected chi connectivity index (χ1v) is 17.1. The minimum absolute atomic E-state index is 0.984. The van der Waals surface area contributed by atoms with Crippen LogP contribution in [0.2, 0.25) is 0 Å². The van der Waals surface area contributed by atoms with Gasteiger partial charge in [0.15, 0.2) is 0 Å². The summed E-state index contributed by atoms with van der Waals surface area (Å²) in [6.45, 7) is 0. The van der Waals surface area contributed by atoms with Crippen LogP contribution >= 0.6 is 0 Å². The Morgan fingerprint density at radius 1 is 0.440 bits per heavy atom. The van der Waals surface area contributed by atoms with Crippen LogP contribution in [0.4, 0.5) is 0 Å². The highest BCUT2D eigenvalue weighted by Crippen LogP contribution is 2.47. The molecule has 232 valence electrons. The van der Waals surface area contributed by atoms with E-state index in [9.17, 15) is 0 Å². The number of aromatic amines is 1. The van der Waals surface area contributed by atoms with Gasteiger partial charge in [0.2, 0.25) is 0 Å².